The number of fused-ring (bicyclic) bond motifs is 4. The molecule has 0 aliphatic heterocycles. The molecule has 5 rings (SSSR count). The zero-order valence-electron chi connectivity index (χ0n) is 19.1. The van der Waals surface area contributed by atoms with E-state index in [0.717, 1.165) is 55.5 Å². The number of methoxy groups -OCH3 is 2. The van der Waals surface area contributed by atoms with Crippen LogP contribution in [0.15, 0.2) is 66.7 Å². The number of para-hydroxylation sites is 2. The lowest BCUT2D eigenvalue weighted by Crippen LogP contribution is -2.10. The largest absolute Gasteiger partial charge is 0.497 e. The molecule has 0 spiro atoms. The molecule has 160 valence electrons. The highest BCUT2D eigenvalue weighted by Gasteiger charge is 2.18. The van der Waals surface area contributed by atoms with Crippen LogP contribution in [0.1, 0.15) is 26.3 Å². The Balaban J connectivity index is 1.89. The third kappa shape index (κ3) is 3.32. The van der Waals surface area contributed by atoms with E-state index in [1.165, 1.54) is 5.56 Å². The molecule has 0 unspecified atom stereocenters. The molecule has 4 heteroatoms. The van der Waals surface area contributed by atoms with Crippen LogP contribution in [0, 0.1) is 0 Å². The van der Waals surface area contributed by atoms with Crippen molar-refractivity contribution in [3.63, 3.8) is 0 Å². The molecule has 1 aromatic heterocycles. The second kappa shape index (κ2) is 7.49. The van der Waals surface area contributed by atoms with Gasteiger partial charge in [-0.15, -0.1) is 0 Å². The molecule has 0 N–H and O–H groups in total. The number of rotatable bonds is 3. The molecule has 4 nitrogen and oxygen atoms in total. The van der Waals surface area contributed by atoms with Gasteiger partial charge in [0.15, 0.2) is 0 Å². The van der Waals surface area contributed by atoms with Crippen molar-refractivity contribution in [1.82, 2.24) is 9.97 Å². The summed E-state index contributed by atoms with van der Waals surface area (Å²) in [6, 6.07) is 22.8. The van der Waals surface area contributed by atoms with Gasteiger partial charge in [0, 0.05) is 16.8 Å². The van der Waals surface area contributed by atoms with E-state index in [1.54, 1.807) is 14.2 Å². The summed E-state index contributed by atoms with van der Waals surface area (Å²) in [4.78, 5) is 9.90. The Morgan fingerprint density at radius 1 is 0.719 bits per heavy atom. The van der Waals surface area contributed by atoms with Gasteiger partial charge in [-0.25, -0.2) is 9.97 Å². The average Bonchev–Trinajstić information content (AvgIpc) is 2.81. The molecule has 0 saturated heterocycles. The lowest BCUT2D eigenvalue weighted by Gasteiger charge is -2.20. The third-order valence-corrected chi connectivity index (χ3v) is 6.00. The summed E-state index contributed by atoms with van der Waals surface area (Å²) in [6.07, 6.45) is 0. The molecule has 5 aromatic rings. The quantitative estimate of drug-likeness (QED) is 0.234. The van der Waals surface area contributed by atoms with Crippen molar-refractivity contribution in [1.29, 1.82) is 0 Å². The van der Waals surface area contributed by atoms with E-state index in [9.17, 15) is 0 Å². The summed E-state index contributed by atoms with van der Waals surface area (Å²) < 4.78 is 11.4. The minimum atomic E-state index is 0.0967. The minimum absolute atomic E-state index is 0.0967. The lowest BCUT2D eigenvalue weighted by atomic mass is 9.86. The van der Waals surface area contributed by atoms with E-state index in [2.05, 4.69) is 51.1 Å². The van der Waals surface area contributed by atoms with Crippen molar-refractivity contribution in [2.24, 2.45) is 0 Å². The van der Waals surface area contributed by atoms with Gasteiger partial charge in [-0.1, -0.05) is 57.2 Å². The Morgan fingerprint density at radius 2 is 1.41 bits per heavy atom. The fourth-order valence-corrected chi connectivity index (χ4v) is 4.23. The summed E-state index contributed by atoms with van der Waals surface area (Å²) >= 11 is 0. The Kier molecular flexibility index (Phi) is 4.74. The molecule has 0 atom stereocenters. The average molecular weight is 423 g/mol. The normalized spacial score (nSPS) is 11.9. The van der Waals surface area contributed by atoms with Gasteiger partial charge in [0.25, 0.3) is 0 Å². The zero-order valence-corrected chi connectivity index (χ0v) is 19.1. The van der Waals surface area contributed by atoms with E-state index in [-0.39, 0.29) is 5.41 Å². The maximum atomic E-state index is 5.82. The van der Waals surface area contributed by atoms with Gasteiger partial charge < -0.3 is 9.47 Å². The molecule has 0 saturated carbocycles. The Hall–Kier alpha value is -3.66. The van der Waals surface area contributed by atoms with Crippen LogP contribution in [0.3, 0.4) is 0 Å². The first-order valence-electron chi connectivity index (χ1n) is 10.7. The van der Waals surface area contributed by atoms with E-state index < -0.39 is 0 Å². The van der Waals surface area contributed by atoms with Gasteiger partial charge in [-0.2, -0.15) is 0 Å². The molecule has 0 fully saturated rings. The van der Waals surface area contributed by atoms with Gasteiger partial charge in [0.2, 0.25) is 0 Å². The summed E-state index contributed by atoms with van der Waals surface area (Å²) in [5, 5.41) is 1.97. The molecular formula is C28H26N2O2. The van der Waals surface area contributed by atoms with E-state index in [1.807, 2.05) is 36.4 Å². The Morgan fingerprint density at radius 3 is 2.03 bits per heavy atom. The topological polar surface area (TPSA) is 44.2 Å². The summed E-state index contributed by atoms with van der Waals surface area (Å²) in [5.74, 6) is 1.48. The van der Waals surface area contributed by atoms with Crippen molar-refractivity contribution in [3.05, 3.63) is 72.3 Å². The fraction of sp³-hybridized carbons (Fsp3) is 0.214. The SMILES string of the molecule is COc1cc(OC)c2c(-c3ccc(C(C)(C)C)cc3)cc3nc4ccccc4nc3c2c1. The number of hydrogen-bond donors (Lipinski definition) is 0. The minimum Gasteiger partial charge on any atom is -0.497 e. The number of benzene rings is 4. The Bertz CT molecular complexity index is 1470. The zero-order chi connectivity index (χ0) is 22.5. The first-order chi connectivity index (χ1) is 15.4. The van der Waals surface area contributed by atoms with Crippen LogP contribution in [-0.2, 0) is 5.41 Å². The maximum absolute atomic E-state index is 5.82. The predicted molar refractivity (Wildman–Crippen MR) is 132 cm³/mol. The van der Waals surface area contributed by atoms with Crippen LogP contribution in [0.25, 0.3) is 44.0 Å². The first-order valence-corrected chi connectivity index (χ1v) is 10.7. The van der Waals surface area contributed by atoms with E-state index in [0.29, 0.717) is 0 Å². The van der Waals surface area contributed by atoms with Crippen molar-refractivity contribution in [2.45, 2.75) is 26.2 Å². The molecule has 0 aliphatic rings. The molecular weight excluding hydrogens is 396 g/mol. The van der Waals surface area contributed by atoms with E-state index >= 15 is 0 Å². The van der Waals surface area contributed by atoms with Crippen molar-refractivity contribution in [3.8, 4) is 22.6 Å². The maximum Gasteiger partial charge on any atom is 0.131 e. The van der Waals surface area contributed by atoms with Crippen LogP contribution in [0.2, 0.25) is 0 Å². The monoisotopic (exact) mass is 422 g/mol. The van der Waals surface area contributed by atoms with Gasteiger partial charge in [0.1, 0.15) is 11.5 Å². The van der Waals surface area contributed by atoms with Gasteiger partial charge >= 0.3 is 0 Å². The Labute approximate surface area is 187 Å². The van der Waals surface area contributed by atoms with Crippen LogP contribution in [0.5, 0.6) is 11.5 Å². The standard InChI is InChI=1S/C28H26N2O2/c1-28(2,3)18-12-10-17(11-13-18)20-16-24-27(30-23-9-7-6-8-22(23)29-24)21-14-19(31-4)15-25(32-5)26(20)21/h6-16H,1-5H3. The molecule has 32 heavy (non-hydrogen) atoms. The highest BCUT2D eigenvalue weighted by atomic mass is 16.5. The number of hydrogen-bond acceptors (Lipinski definition) is 4. The molecule has 0 amide bonds. The second-order valence-corrected chi connectivity index (χ2v) is 9.08. The van der Waals surface area contributed by atoms with Gasteiger partial charge in [-0.3, -0.25) is 0 Å². The molecule has 4 aromatic carbocycles. The number of ether oxygens (including phenoxy) is 2. The van der Waals surface area contributed by atoms with Crippen molar-refractivity contribution < 1.29 is 9.47 Å². The first kappa shape index (κ1) is 20.3. The fourth-order valence-electron chi connectivity index (χ4n) is 4.23. The van der Waals surface area contributed by atoms with Gasteiger partial charge in [0.05, 0.1) is 36.3 Å². The number of nitrogens with zero attached hydrogens (tertiary/aromatic N) is 2. The molecule has 0 radical (unpaired) electrons. The van der Waals surface area contributed by atoms with Crippen LogP contribution in [-0.4, -0.2) is 24.2 Å². The summed E-state index contributed by atoms with van der Waals surface area (Å²) in [6.45, 7) is 6.68. The van der Waals surface area contributed by atoms with Crippen molar-refractivity contribution in [2.75, 3.05) is 14.2 Å². The smallest absolute Gasteiger partial charge is 0.131 e. The van der Waals surface area contributed by atoms with Crippen LogP contribution in [0.4, 0.5) is 0 Å². The van der Waals surface area contributed by atoms with Crippen LogP contribution < -0.4 is 9.47 Å². The third-order valence-electron chi connectivity index (χ3n) is 6.00. The molecule has 1 heterocycles. The summed E-state index contributed by atoms with van der Waals surface area (Å²) in [7, 11) is 3.36. The molecule has 0 bridgehead atoms. The predicted octanol–water partition coefficient (Wildman–Crippen LogP) is 6.92. The van der Waals surface area contributed by atoms with E-state index in [4.69, 9.17) is 19.4 Å². The second-order valence-electron chi connectivity index (χ2n) is 9.08. The van der Waals surface area contributed by atoms with Gasteiger partial charge in [-0.05, 0) is 46.4 Å². The van der Waals surface area contributed by atoms with Crippen molar-refractivity contribution >= 4 is 32.8 Å². The highest BCUT2D eigenvalue weighted by Crippen LogP contribution is 2.42. The molecule has 0 aliphatic carbocycles. The highest BCUT2D eigenvalue weighted by molar-refractivity contribution is 6.15. The van der Waals surface area contributed by atoms with Crippen LogP contribution >= 0.6 is 0 Å². The lowest BCUT2D eigenvalue weighted by molar-refractivity contribution is 0.398. The summed E-state index contributed by atoms with van der Waals surface area (Å²) in [5.41, 5.74) is 7.01. The number of aromatic nitrogens is 2.